The van der Waals surface area contributed by atoms with E-state index in [1.165, 1.54) is 19.5 Å². The minimum Gasteiger partial charge on any atom is -0.444 e. The summed E-state index contributed by atoms with van der Waals surface area (Å²) >= 11 is 0. The van der Waals surface area contributed by atoms with Gasteiger partial charge in [-0.3, -0.25) is 4.99 Å². The number of aliphatic imine (C=N–C) groups is 1. The van der Waals surface area contributed by atoms with Crippen molar-refractivity contribution in [1.29, 1.82) is 0 Å². The number of likely N-dealkylation sites (N-methyl/N-ethyl adjacent to an activating group) is 1. The lowest BCUT2D eigenvalue weighted by Gasteiger charge is -2.20. The van der Waals surface area contributed by atoms with Crippen molar-refractivity contribution in [2.45, 2.75) is 39.2 Å². The second-order valence-electron chi connectivity index (χ2n) is 7.71. The molecule has 1 amide bonds. The first-order valence-electron chi connectivity index (χ1n) is 9.62. The molecule has 0 aromatic rings. The van der Waals surface area contributed by atoms with Crippen LogP contribution in [0, 0.1) is 0 Å². The highest BCUT2D eigenvalue weighted by Gasteiger charge is 2.15. The lowest BCUT2D eigenvalue weighted by atomic mass is 10.2. The summed E-state index contributed by atoms with van der Waals surface area (Å²) in [5.41, 5.74) is -0.474. The van der Waals surface area contributed by atoms with E-state index in [-0.39, 0.29) is 0 Å². The van der Waals surface area contributed by atoms with Gasteiger partial charge in [0.2, 0.25) is 0 Å². The van der Waals surface area contributed by atoms with E-state index in [4.69, 9.17) is 4.74 Å². The molecule has 1 aliphatic rings. The van der Waals surface area contributed by atoms with Crippen LogP contribution in [0.15, 0.2) is 4.99 Å². The van der Waals surface area contributed by atoms with Gasteiger partial charge in [0.25, 0.3) is 0 Å². The number of ether oxygens (including phenoxy) is 1. The van der Waals surface area contributed by atoms with Crippen LogP contribution in [0.3, 0.4) is 0 Å². The maximum absolute atomic E-state index is 11.6. The van der Waals surface area contributed by atoms with Crippen LogP contribution in [0.1, 0.15) is 33.6 Å². The van der Waals surface area contributed by atoms with Crippen molar-refractivity contribution in [2.75, 3.05) is 66.5 Å². The number of nitrogens with one attached hydrogen (secondary N) is 3. The van der Waals surface area contributed by atoms with E-state index in [1.54, 1.807) is 7.05 Å². The third kappa shape index (κ3) is 11.1. The molecule has 1 saturated heterocycles. The number of nitrogens with zero attached hydrogens (tertiary/aromatic N) is 3. The van der Waals surface area contributed by atoms with E-state index in [0.29, 0.717) is 13.1 Å². The fourth-order valence-electron chi connectivity index (χ4n) is 2.71. The molecule has 152 valence electrons. The number of hydrogen-bond donors (Lipinski definition) is 3. The van der Waals surface area contributed by atoms with Gasteiger partial charge in [-0.2, -0.15) is 0 Å². The topological polar surface area (TPSA) is 81.2 Å². The highest BCUT2D eigenvalue weighted by atomic mass is 16.6. The molecule has 1 aliphatic heterocycles. The van der Waals surface area contributed by atoms with Crippen LogP contribution < -0.4 is 16.0 Å². The van der Waals surface area contributed by atoms with Gasteiger partial charge in [0.05, 0.1) is 0 Å². The molecular weight excluding hydrogens is 332 g/mol. The van der Waals surface area contributed by atoms with Gasteiger partial charge in [0.15, 0.2) is 5.96 Å². The zero-order chi connectivity index (χ0) is 19.4. The van der Waals surface area contributed by atoms with Crippen molar-refractivity contribution < 1.29 is 9.53 Å². The van der Waals surface area contributed by atoms with Gasteiger partial charge < -0.3 is 30.5 Å². The Morgan fingerprint density at radius 1 is 1.04 bits per heavy atom. The van der Waals surface area contributed by atoms with Crippen molar-refractivity contribution >= 4 is 12.1 Å². The minimum absolute atomic E-state index is 0.398. The molecule has 0 unspecified atom stereocenters. The number of guanidine groups is 1. The third-order valence-corrected chi connectivity index (χ3v) is 4.06. The van der Waals surface area contributed by atoms with E-state index < -0.39 is 11.7 Å². The summed E-state index contributed by atoms with van der Waals surface area (Å²) in [6.07, 6.45) is 1.93. The molecule has 3 N–H and O–H groups in total. The molecule has 1 fully saturated rings. The smallest absolute Gasteiger partial charge is 0.407 e. The van der Waals surface area contributed by atoms with Crippen molar-refractivity contribution in [1.82, 2.24) is 25.8 Å². The third-order valence-electron chi connectivity index (χ3n) is 4.06. The number of carbonyl (C=O) groups excluding carboxylic acids is 1. The average Bonchev–Trinajstić information content (AvgIpc) is 2.76. The highest BCUT2D eigenvalue weighted by Crippen LogP contribution is 2.06. The molecule has 1 heterocycles. The Kier molecular flexibility index (Phi) is 10.3. The summed E-state index contributed by atoms with van der Waals surface area (Å²) in [7, 11) is 3.94. The van der Waals surface area contributed by atoms with Crippen LogP contribution in [-0.2, 0) is 4.74 Å². The molecule has 26 heavy (non-hydrogen) atoms. The molecule has 8 nitrogen and oxygen atoms in total. The molecule has 0 aromatic carbocycles. The minimum atomic E-state index is -0.474. The normalized spacial score (nSPS) is 17.5. The van der Waals surface area contributed by atoms with Crippen LogP contribution in [0.4, 0.5) is 4.79 Å². The number of rotatable bonds is 7. The summed E-state index contributed by atoms with van der Waals surface area (Å²) in [6, 6.07) is 0. The quantitative estimate of drug-likeness (QED) is 0.348. The van der Waals surface area contributed by atoms with Gasteiger partial charge in [0.1, 0.15) is 5.60 Å². The molecule has 0 aliphatic carbocycles. The molecule has 1 rings (SSSR count). The van der Waals surface area contributed by atoms with Crippen LogP contribution >= 0.6 is 0 Å². The lowest BCUT2D eigenvalue weighted by Crippen LogP contribution is -2.43. The van der Waals surface area contributed by atoms with Crippen LogP contribution in [0.5, 0.6) is 0 Å². The SMILES string of the molecule is CN=C(NCCCN1CCCN(C)CC1)NCCNC(=O)OC(C)(C)C. The second kappa shape index (κ2) is 12.0. The Morgan fingerprint density at radius 3 is 2.42 bits per heavy atom. The molecule has 0 radical (unpaired) electrons. The standard InChI is InChI=1S/C18H38N6O2/c1-18(2,3)26-17(25)22-10-9-21-16(19-4)20-8-6-12-24-13-7-11-23(5)14-15-24/h6-15H2,1-5H3,(H,22,25)(H2,19,20,21). The van der Waals surface area contributed by atoms with E-state index in [1.807, 2.05) is 20.8 Å². The molecule has 0 bridgehead atoms. The average molecular weight is 371 g/mol. The number of amides is 1. The molecule has 0 atom stereocenters. The summed E-state index contributed by atoms with van der Waals surface area (Å²) < 4.78 is 5.19. The van der Waals surface area contributed by atoms with Gasteiger partial charge in [-0.15, -0.1) is 0 Å². The Labute approximate surface area is 158 Å². The van der Waals surface area contributed by atoms with Crippen molar-refractivity contribution in [3.05, 3.63) is 0 Å². The Morgan fingerprint density at radius 2 is 1.73 bits per heavy atom. The lowest BCUT2D eigenvalue weighted by molar-refractivity contribution is 0.0529. The van der Waals surface area contributed by atoms with Crippen molar-refractivity contribution in [3.8, 4) is 0 Å². The van der Waals surface area contributed by atoms with Gasteiger partial charge in [-0.1, -0.05) is 0 Å². The zero-order valence-corrected chi connectivity index (χ0v) is 17.2. The number of carbonyl (C=O) groups is 1. The van der Waals surface area contributed by atoms with Gasteiger partial charge in [0, 0.05) is 39.8 Å². The van der Waals surface area contributed by atoms with E-state index in [0.717, 1.165) is 38.6 Å². The van der Waals surface area contributed by atoms with Crippen LogP contribution in [0.2, 0.25) is 0 Å². The number of hydrogen-bond acceptors (Lipinski definition) is 5. The highest BCUT2D eigenvalue weighted by molar-refractivity contribution is 5.79. The Balaban J connectivity index is 2.09. The fourth-order valence-corrected chi connectivity index (χ4v) is 2.71. The first-order chi connectivity index (χ1) is 12.3. The Hall–Kier alpha value is -1.54. The molecule has 8 heteroatoms. The van der Waals surface area contributed by atoms with Gasteiger partial charge >= 0.3 is 6.09 Å². The van der Waals surface area contributed by atoms with E-state index in [2.05, 4.69) is 37.8 Å². The number of alkyl carbamates (subject to hydrolysis) is 1. The first kappa shape index (κ1) is 22.5. The maximum Gasteiger partial charge on any atom is 0.407 e. The maximum atomic E-state index is 11.6. The van der Waals surface area contributed by atoms with Crippen LogP contribution in [-0.4, -0.2) is 93.9 Å². The van der Waals surface area contributed by atoms with E-state index in [9.17, 15) is 4.79 Å². The Bertz CT molecular complexity index is 436. The molecule has 0 spiro atoms. The molecule has 0 aromatic heterocycles. The predicted molar refractivity (Wildman–Crippen MR) is 107 cm³/mol. The van der Waals surface area contributed by atoms with Crippen molar-refractivity contribution in [3.63, 3.8) is 0 Å². The monoisotopic (exact) mass is 370 g/mol. The molecular formula is C18H38N6O2. The summed E-state index contributed by atoms with van der Waals surface area (Å²) in [6.45, 7) is 13.3. The second-order valence-corrected chi connectivity index (χ2v) is 7.71. The van der Waals surface area contributed by atoms with Crippen molar-refractivity contribution in [2.24, 2.45) is 4.99 Å². The van der Waals surface area contributed by atoms with Gasteiger partial charge in [-0.05, 0) is 60.3 Å². The molecule has 0 saturated carbocycles. The fraction of sp³-hybridized carbons (Fsp3) is 0.889. The first-order valence-corrected chi connectivity index (χ1v) is 9.62. The zero-order valence-electron chi connectivity index (χ0n) is 17.2. The summed E-state index contributed by atoms with van der Waals surface area (Å²) in [5.74, 6) is 0.756. The van der Waals surface area contributed by atoms with Gasteiger partial charge in [-0.25, -0.2) is 4.79 Å². The van der Waals surface area contributed by atoms with Crippen LogP contribution in [0.25, 0.3) is 0 Å². The largest absolute Gasteiger partial charge is 0.444 e. The predicted octanol–water partition coefficient (Wildman–Crippen LogP) is 0.704. The van der Waals surface area contributed by atoms with E-state index >= 15 is 0 Å². The summed E-state index contributed by atoms with van der Waals surface area (Å²) in [4.78, 5) is 20.7. The summed E-state index contributed by atoms with van der Waals surface area (Å²) in [5, 5.41) is 9.23.